The molecule has 0 aliphatic heterocycles. The van der Waals surface area contributed by atoms with Crippen molar-refractivity contribution in [2.45, 2.75) is 39.3 Å². The van der Waals surface area contributed by atoms with E-state index in [1.165, 1.54) is 4.68 Å². The number of hydrogen-bond donors (Lipinski definition) is 1. The molecule has 0 saturated heterocycles. The van der Waals surface area contributed by atoms with Crippen molar-refractivity contribution in [3.63, 3.8) is 0 Å². The molecule has 1 N–H and O–H groups in total. The number of rotatable bonds is 7. The summed E-state index contributed by atoms with van der Waals surface area (Å²) in [4.78, 5) is 12.0. The van der Waals surface area contributed by atoms with Gasteiger partial charge in [0.1, 0.15) is 4.47 Å². The first kappa shape index (κ1) is 15.2. The molecule has 0 bridgehead atoms. The lowest BCUT2D eigenvalue weighted by Crippen LogP contribution is -2.26. The van der Waals surface area contributed by atoms with Crippen LogP contribution in [0.25, 0.3) is 0 Å². The number of hydrogen-bond acceptors (Lipinski definition) is 4. The zero-order valence-corrected chi connectivity index (χ0v) is 12.7. The van der Waals surface area contributed by atoms with Crippen molar-refractivity contribution >= 4 is 21.6 Å². The predicted molar refractivity (Wildman–Crippen MR) is 76.1 cm³/mol. The van der Waals surface area contributed by atoms with Crippen LogP contribution in [0.4, 0.5) is 5.69 Å². The second-order valence-corrected chi connectivity index (χ2v) is 5.02. The summed E-state index contributed by atoms with van der Waals surface area (Å²) in [5, 5.41) is 7.39. The van der Waals surface area contributed by atoms with Gasteiger partial charge in [0.25, 0.3) is 5.56 Å². The SMILES string of the molecule is CCCn1ncc(NC(C)CCOC)c(Br)c1=O. The lowest BCUT2D eigenvalue weighted by Gasteiger charge is -2.16. The maximum Gasteiger partial charge on any atom is 0.283 e. The minimum atomic E-state index is -0.0965. The van der Waals surface area contributed by atoms with Crippen molar-refractivity contribution < 1.29 is 4.74 Å². The van der Waals surface area contributed by atoms with E-state index < -0.39 is 0 Å². The van der Waals surface area contributed by atoms with Gasteiger partial charge in [-0.1, -0.05) is 6.92 Å². The minimum Gasteiger partial charge on any atom is -0.385 e. The molecule has 1 aromatic rings. The molecular formula is C12H20BrN3O2. The number of ether oxygens (including phenoxy) is 1. The molecule has 1 atom stereocenters. The Balaban J connectivity index is 2.79. The summed E-state index contributed by atoms with van der Waals surface area (Å²) >= 11 is 3.33. The molecule has 1 rings (SSSR count). The molecular weight excluding hydrogens is 298 g/mol. The molecule has 0 saturated carbocycles. The summed E-state index contributed by atoms with van der Waals surface area (Å²) in [6.45, 7) is 5.38. The van der Waals surface area contributed by atoms with Crippen molar-refractivity contribution in [3.05, 3.63) is 21.0 Å². The number of aryl methyl sites for hydroxylation is 1. The molecule has 0 fully saturated rings. The van der Waals surface area contributed by atoms with Gasteiger partial charge in [0.05, 0.1) is 11.9 Å². The van der Waals surface area contributed by atoms with Crippen LogP contribution in [0.2, 0.25) is 0 Å². The maximum atomic E-state index is 12.0. The van der Waals surface area contributed by atoms with E-state index in [0.717, 1.165) is 18.5 Å². The number of nitrogens with zero attached hydrogens (tertiary/aromatic N) is 2. The topological polar surface area (TPSA) is 56.1 Å². The fourth-order valence-corrected chi connectivity index (χ4v) is 1.99. The average molecular weight is 318 g/mol. The Bertz CT molecular complexity index is 434. The quantitative estimate of drug-likeness (QED) is 0.838. The standard InChI is InChI=1S/C12H20BrN3O2/c1-4-6-16-12(17)11(13)10(8-14-16)15-9(2)5-7-18-3/h8-9,15H,4-7H2,1-3H3. The highest BCUT2D eigenvalue weighted by molar-refractivity contribution is 9.10. The molecule has 18 heavy (non-hydrogen) atoms. The molecule has 102 valence electrons. The number of nitrogens with one attached hydrogen (secondary N) is 1. The van der Waals surface area contributed by atoms with Crippen LogP contribution in [0.5, 0.6) is 0 Å². The van der Waals surface area contributed by atoms with Crippen LogP contribution in [-0.2, 0) is 11.3 Å². The van der Waals surface area contributed by atoms with E-state index in [-0.39, 0.29) is 11.6 Å². The summed E-state index contributed by atoms with van der Waals surface area (Å²) < 4.78 is 7.03. The van der Waals surface area contributed by atoms with Gasteiger partial charge in [0.2, 0.25) is 0 Å². The molecule has 0 radical (unpaired) electrons. The Morgan fingerprint density at radius 1 is 1.61 bits per heavy atom. The van der Waals surface area contributed by atoms with Gasteiger partial charge in [-0.15, -0.1) is 0 Å². The molecule has 6 heteroatoms. The smallest absolute Gasteiger partial charge is 0.283 e. The second kappa shape index (κ2) is 7.53. The van der Waals surface area contributed by atoms with E-state index in [2.05, 4.69) is 26.3 Å². The van der Waals surface area contributed by atoms with Crippen LogP contribution in [0.3, 0.4) is 0 Å². The average Bonchev–Trinajstić information content (AvgIpc) is 2.36. The lowest BCUT2D eigenvalue weighted by molar-refractivity contribution is 0.191. The molecule has 1 unspecified atom stereocenters. The highest BCUT2D eigenvalue weighted by Gasteiger charge is 2.10. The van der Waals surface area contributed by atoms with E-state index in [4.69, 9.17) is 4.74 Å². The molecule has 0 aromatic carbocycles. The Morgan fingerprint density at radius 2 is 2.33 bits per heavy atom. The van der Waals surface area contributed by atoms with Gasteiger partial charge in [-0.3, -0.25) is 4.79 Å². The van der Waals surface area contributed by atoms with Crippen LogP contribution >= 0.6 is 15.9 Å². The van der Waals surface area contributed by atoms with Crippen molar-refractivity contribution in [3.8, 4) is 0 Å². The van der Waals surface area contributed by atoms with Crippen LogP contribution in [-0.4, -0.2) is 29.5 Å². The second-order valence-electron chi connectivity index (χ2n) is 4.23. The highest BCUT2D eigenvalue weighted by atomic mass is 79.9. The summed E-state index contributed by atoms with van der Waals surface area (Å²) in [5.74, 6) is 0. The van der Waals surface area contributed by atoms with Crippen molar-refractivity contribution in [2.24, 2.45) is 0 Å². The maximum absolute atomic E-state index is 12.0. The largest absolute Gasteiger partial charge is 0.385 e. The third-order valence-electron chi connectivity index (χ3n) is 2.58. The molecule has 0 aliphatic rings. The molecule has 0 spiro atoms. The first-order valence-electron chi connectivity index (χ1n) is 6.11. The van der Waals surface area contributed by atoms with Crippen molar-refractivity contribution in [2.75, 3.05) is 19.0 Å². The number of methoxy groups -OCH3 is 1. The van der Waals surface area contributed by atoms with E-state index in [9.17, 15) is 4.79 Å². The van der Waals surface area contributed by atoms with Crippen molar-refractivity contribution in [1.29, 1.82) is 0 Å². The van der Waals surface area contributed by atoms with Gasteiger partial charge in [-0.25, -0.2) is 4.68 Å². The zero-order chi connectivity index (χ0) is 13.5. The Morgan fingerprint density at radius 3 is 2.94 bits per heavy atom. The minimum absolute atomic E-state index is 0.0965. The number of halogens is 1. The number of anilines is 1. The van der Waals surface area contributed by atoms with Crippen molar-refractivity contribution in [1.82, 2.24) is 9.78 Å². The monoisotopic (exact) mass is 317 g/mol. The molecule has 1 heterocycles. The normalized spacial score (nSPS) is 12.4. The third-order valence-corrected chi connectivity index (χ3v) is 3.34. The summed E-state index contributed by atoms with van der Waals surface area (Å²) in [7, 11) is 1.68. The van der Waals surface area contributed by atoms with Gasteiger partial charge < -0.3 is 10.1 Å². The van der Waals surface area contributed by atoms with Crippen LogP contribution in [0.1, 0.15) is 26.7 Å². The van der Waals surface area contributed by atoms with E-state index in [1.807, 2.05) is 13.8 Å². The Hall–Kier alpha value is -0.880. The van der Waals surface area contributed by atoms with E-state index in [1.54, 1.807) is 13.3 Å². The zero-order valence-electron chi connectivity index (χ0n) is 11.1. The van der Waals surface area contributed by atoms with Crippen LogP contribution < -0.4 is 10.9 Å². The van der Waals surface area contributed by atoms with Gasteiger partial charge >= 0.3 is 0 Å². The lowest BCUT2D eigenvalue weighted by atomic mass is 10.2. The van der Waals surface area contributed by atoms with Crippen LogP contribution in [0, 0.1) is 0 Å². The highest BCUT2D eigenvalue weighted by Crippen LogP contribution is 2.17. The molecule has 0 amide bonds. The fourth-order valence-electron chi connectivity index (χ4n) is 1.57. The van der Waals surface area contributed by atoms with Gasteiger partial charge in [-0.05, 0) is 35.7 Å². The Kier molecular flexibility index (Phi) is 6.35. The first-order valence-corrected chi connectivity index (χ1v) is 6.90. The number of aromatic nitrogens is 2. The predicted octanol–water partition coefficient (Wildman–Crippen LogP) is 2.25. The van der Waals surface area contributed by atoms with Gasteiger partial charge in [-0.2, -0.15) is 5.10 Å². The van der Waals surface area contributed by atoms with E-state index in [0.29, 0.717) is 17.6 Å². The van der Waals surface area contributed by atoms with Gasteiger partial charge in [0, 0.05) is 26.3 Å². The summed E-state index contributed by atoms with van der Waals surface area (Å²) in [6, 6.07) is 0.226. The first-order chi connectivity index (χ1) is 8.60. The van der Waals surface area contributed by atoms with E-state index >= 15 is 0 Å². The summed E-state index contributed by atoms with van der Waals surface area (Å²) in [5.41, 5.74) is 0.636. The fraction of sp³-hybridized carbons (Fsp3) is 0.667. The Labute approximate surface area is 116 Å². The molecule has 5 nitrogen and oxygen atoms in total. The summed E-state index contributed by atoms with van der Waals surface area (Å²) in [6.07, 6.45) is 3.45. The van der Waals surface area contributed by atoms with Gasteiger partial charge in [0.15, 0.2) is 0 Å². The molecule has 1 aromatic heterocycles. The molecule has 0 aliphatic carbocycles. The third kappa shape index (κ3) is 4.10. The van der Waals surface area contributed by atoms with Crippen LogP contribution in [0.15, 0.2) is 15.5 Å².